The lowest BCUT2D eigenvalue weighted by atomic mass is 10.1. The Hall–Kier alpha value is -1.96. The van der Waals surface area contributed by atoms with Crippen LogP contribution in [0.1, 0.15) is 31.6 Å². The zero-order valence-corrected chi connectivity index (χ0v) is 18.6. The molecule has 1 amide bonds. The lowest BCUT2D eigenvalue weighted by Gasteiger charge is -2.38. The number of hydrogen-bond donors (Lipinski definition) is 2. The number of aromatic nitrogens is 3. The van der Waals surface area contributed by atoms with Crippen molar-refractivity contribution in [2.75, 3.05) is 18.8 Å². The number of nitrogens with zero attached hydrogens (tertiary/aromatic N) is 4. The molecule has 3 N–H and O–H groups in total. The van der Waals surface area contributed by atoms with E-state index >= 15 is 0 Å². The molecular weight excluding hydrogens is 457 g/mol. The third-order valence-corrected chi connectivity index (χ3v) is 7.95. The second-order valence-electron chi connectivity index (χ2n) is 6.91. The molecule has 4 rings (SSSR count). The summed E-state index contributed by atoms with van der Waals surface area (Å²) in [5.41, 5.74) is 7.35. The Balaban J connectivity index is 1.40. The van der Waals surface area contributed by atoms with Gasteiger partial charge in [-0.15, -0.1) is 27.8 Å². The number of carbonyl (C=O) groups excluding carboxylic acids is 1. The van der Waals surface area contributed by atoms with Crippen LogP contribution in [0.5, 0.6) is 0 Å². The zero-order valence-electron chi connectivity index (χ0n) is 16.1. The molecule has 3 aromatic rings. The average molecular weight is 475 g/mol. The maximum atomic E-state index is 13.1. The van der Waals surface area contributed by atoms with Crippen molar-refractivity contribution in [1.82, 2.24) is 24.8 Å². The first-order valence-electron chi connectivity index (χ1n) is 8.84. The van der Waals surface area contributed by atoms with Crippen LogP contribution in [0.15, 0.2) is 4.21 Å². The molecule has 1 fully saturated rings. The maximum absolute atomic E-state index is 13.1. The monoisotopic (exact) mass is 474 g/mol. The highest BCUT2D eigenvalue weighted by atomic mass is 32.2. The van der Waals surface area contributed by atoms with Gasteiger partial charge < -0.3 is 11.1 Å². The number of fused-ring (bicyclic) bond motifs is 1. The summed E-state index contributed by atoms with van der Waals surface area (Å²) in [6.07, 6.45) is -4.48. The lowest BCUT2D eigenvalue weighted by molar-refractivity contribution is -0.142. The highest BCUT2D eigenvalue weighted by Gasteiger charge is 2.39. The zero-order chi connectivity index (χ0) is 21.8. The molecule has 1 aliphatic rings. The van der Waals surface area contributed by atoms with E-state index in [0.717, 1.165) is 39.9 Å². The molecule has 1 aliphatic heterocycles. The molecule has 0 aromatic carbocycles. The molecule has 0 radical (unpaired) electrons. The van der Waals surface area contributed by atoms with Gasteiger partial charge >= 0.3 is 6.18 Å². The number of halogens is 3. The Morgan fingerprint density at radius 2 is 1.93 bits per heavy atom. The number of anilines is 1. The van der Waals surface area contributed by atoms with Gasteiger partial charge in [-0.2, -0.15) is 18.3 Å². The fourth-order valence-electron chi connectivity index (χ4n) is 3.03. The van der Waals surface area contributed by atoms with E-state index in [1.165, 1.54) is 11.3 Å². The minimum absolute atomic E-state index is 0.114. The quantitative estimate of drug-likeness (QED) is 0.555. The Kier molecular flexibility index (Phi) is 5.41. The van der Waals surface area contributed by atoms with Crippen LogP contribution >= 0.6 is 34.6 Å². The first-order chi connectivity index (χ1) is 14.0. The topological polar surface area (TPSA) is 97.0 Å². The normalized spacial score (nSPS) is 15.5. The number of carbonyl (C=O) groups is 1. The minimum atomic E-state index is -4.48. The standard InChI is InChI=1S/C17H17F3N6OS3/c1-6-7(2)24-25-15-10(6)11(21)12(29-15)14(27)23-9-4-26(5-9)30-16-13(17(18,19)20)22-8(3)28-16/h9H,4-5,21H2,1-3H3,(H,23,27). The van der Waals surface area contributed by atoms with Gasteiger partial charge in [-0.25, -0.2) is 9.29 Å². The van der Waals surface area contributed by atoms with Crippen molar-refractivity contribution in [3.05, 3.63) is 26.8 Å². The molecule has 3 aromatic heterocycles. The van der Waals surface area contributed by atoms with Crippen molar-refractivity contribution in [3.8, 4) is 0 Å². The van der Waals surface area contributed by atoms with E-state index in [1.54, 1.807) is 11.2 Å². The summed E-state index contributed by atoms with van der Waals surface area (Å²) in [5.74, 6) is -0.313. The van der Waals surface area contributed by atoms with Gasteiger partial charge in [0, 0.05) is 18.5 Å². The molecule has 0 atom stereocenters. The third-order valence-electron chi connectivity index (χ3n) is 4.71. The van der Waals surface area contributed by atoms with Crippen LogP contribution in [0.3, 0.4) is 0 Å². The predicted octanol–water partition coefficient (Wildman–Crippen LogP) is 3.80. The van der Waals surface area contributed by atoms with Crippen LogP contribution in [-0.4, -0.2) is 44.5 Å². The van der Waals surface area contributed by atoms with Crippen molar-refractivity contribution in [2.24, 2.45) is 0 Å². The molecule has 7 nitrogen and oxygen atoms in total. The minimum Gasteiger partial charge on any atom is -0.397 e. The second-order valence-corrected chi connectivity index (χ2v) is 10.5. The lowest BCUT2D eigenvalue weighted by Crippen LogP contribution is -2.56. The third kappa shape index (κ3) is 3.86. The van der Waals surface area contributed by atoms with Gasteiger partial charge in [-0.3, -0.25) is 4.79 Å². The molecule has 30 heavy (non-hydrogen) atoms. The van der Waals surface area contributed by atoms with E-state index < -0.39 is 11.9 Å². The molecule has 13 heteroatoms. The summed E-state index contributed by atoms with van der Waals surface area (Å²) in [6.45, 7) is 6.11. The molecule has 0 spiro atoms. The van der Waals surface area contributed by atoms with Crippen LogP contribution in [-0.2, 0) is 6.18 Å². The summed E-state index contributed by atoms with van der Waals surface area (Å²) in [5, 5.41) is 12.2. The molecule has 160 valence electrons. The van der Waals surface area contributed by atoms with Gasteiger partial charge in [0.2, 0.25) is 0 Å². The van der Waals surface area contributed by atoms with Crippen LogP contribution in [0.25, 0.3) is 10.2 Å². The molecule has 4 heterocycles. The summed E-state index contributed by atoms with van der Waals surface area (Å²) in [7, 11) is 0. The molecule has 0 saturated carbocycles. The van der Waals surface area contributed by atoms with Gasteiger partial charge in [0.1, 0.15) is 13.9 Å². The first-order valence-corrected chi connectivity index (χ1v) is 11.3. The number of thiophene rings is 1. The van der Waals surface area contributed by atoms with E-state index in [2.05, 4.69) is 20.5 Å². The van der Waals surface area contributed by atoms with Crippen molar-refractivity contribution >= 4 is 56.4 Å². The summed E-state index contributed by atoms with van der Waals surface area (Å²) in [6, 6.07) is -0.174. The van der Waals surface area contributed by atoms with Crippen LogP contribution in [0, 0.1) is 20.8 Å². The summed E-state index contributed by atoms with van der Waals surface area (Å²) < 4.78 is 41.1. The van der Waals surface area contributed by atoms with E-state index in [4.69, 9.17) is 5.73 Å². The van der Waals surface area contributed by atoms with Crippen LogP contribution in [0.4, 0.5) is 18.9 Å². The van der Waals surface area contributed by atoms with Gasteiger partial charge in [0.25, 0.3) is 5.91 Å². The van der Waals surface area contributed by atoms with Crippen molar-refractivity contribution in [1.29, 1.82) is 0 Å². The number of amides is 1. The fourth-order valence-corrected chi connectivity index (χ4v) is 6.52. The van der Waals surface area contributed by atoms with E-state index in [-0.39, 0.29) is 16.2 Å². The number of nitrogens with two attached hydrogens (primary N) is 1. The number of hydrogen-bond acceptors (Lipinski definition) is 9. The largest absolute Gasteiger partial charge is 0.435 e. The Morgan fingerprint density at radius 1 is 1.23 bits per heavy atom. The van der Waals surface area contributed by atoms with Gasteiger partial charge in [-0.1, -0.05) is 0 Å². The molecule has 1 saturated heterocycles. The summed E-state index contributed by atoms with van der Waals surface area (Å²) in [4.78, 5) is 17.2. The Bertz CT molecular complexity index is 1140. The Morgan fingerprint density at radius 3 is 2.60 bits per heavy atom. The van der Waals surface area contributed by atoms with E-state index in [9.17, 15) is 18.0 Å². The number of rotatable bonds is 4. The van der Waals surface area contributed by atoms with Crippen molar-refractivity contribution in [2.45, 2.75) is 37.2 Å². The first kappa shape index (κ1) is 21.3. The van der Waals surface area contributed by atoms with Crippen LogP contribution in [0.2, 0.25) is 0 Å². The highest BCUT2D eigenvalue weighted by Crippen LogP contribution is 2.42. The molecular formula is C17H17F3N6OS3. The molecule has 0 bridgehead atoms. The van der Waals surface area contributed by atoms with Gasteiger partial charge in [-0.05, 0) is 38.3 Å². The number of thiazole rings is 1. The predicted molar refractivity (Wildman–Crippen MR) is 112 cm³/mol. The number of nitrogen functional groups attached to an aromatic ring is 1. The number of alkyl halides is 3. The van der Waals surface area contributed by atoms with E-state index in [1.807, 2.05) is 13.8 Å². The smallest absolute Gasteiger partial charge is 0.397 e. The van der Waals surface area contributed by atoms with Crippen molar-refractivity contribution in [3.63, 3.8) is 0 Å². The summed E-state index contributed by atoms with van der Waals surface area (Å²) >= 11 is 3.21. The van der Waals surface area contributed by atoms with Crippen molar-refractivity contribution < 1.29 is 18.0 Å². The number of aryl methyl sites for hydroxylation is 3. The Labute approximate surface area is 182 Å². The number of nitrogens with one attached hydrogen (secondary N) is 1. The van der Waals surface area contributed by atoms with E-state index in [0.29, 0.717) is 33.5 Å². The SMILES string of the molecule is Cc1nc(C(F)(F)F)c(SN2CC(NC(=O)c3sc4nnc(C)c(C)c4c3N)C2)s1. The van der Waals surface area contributed by atoms with Gasteiger partial charge in [0.05, 0.1) is 22.4 Å². The van der Waals surface area contributed by atoms with Gasteiger partial charge in [0.15, 0.2) is 5.69 Å². The highest BCUT2D eigenvalue weighted by molar-refractivity contribution is 7.99. The molecule has 0 unspecified atom stereocenters. The maximum Gasteiger partial charge on any atom is 0.435 e. The second kappa shape index (κ2) is 7.62. The van der Waals surface area contributed by atoms with Crippen LogP contribution < -0.4 is 11.1 Å². The fraction of sp³-hybridized carbons (Fsp3) is 0.412. The average Bonchev–Trinajstić information content (AvgIpc) is 3.16. The molecule has 0 aliphatic carbocycles.